The summed E-state index contributed by atoms with van der Waals surface area (Å²) < 4.78 is 0. The van der Waals surface area contributed by atoms with E-state index in [1.807, 2.05) is 72.8 Å². The lowest BCUT2D eigenvalue weighted by molar-refractivity contribution is -0.127. The van der Waals surface area contributed by atoms with Crippen molar-refractivity contribution in [2.45, 2.75) is 19.3 Å². The Hall–Kier alpha value is -2.74. The third kappa shape index (κ3) is 3.25. The Morgan fingerprint density at radius 2 is 1.04 bits per heavy atom. The van der Waals surface area contributed by atoms with Crippen LogP contribution in [0.2, 0.25) is 0 Å². The fourth-order valence-corrected chi connectivity index (χ4v) is 3.93. The normalized spacial score (nSPS) is 26.2. The predicted molar refractivity (Wildman–Crippen MR) is 99.7 cm³/mol. The molecule has 0 amide bonds. The summed E-state index contributed by atoms with van der Waals surface area (Å²) in [4.78, 5) is 25.7. The molecule has 2 nitrogen and oxygen atoms in total. The van der Waals surface area contributed by atoms with E-state index in [-0.39, 0.29) is 23.4 Å². The van der Waals surface area contributed by atoms with Crippen molar-refractivity contribution in [1.29, 1.82) is 0 Å². The molecule has 2 atom stereocenters. The van der Waals surface area contributed by atoms with E-state index in [0.717, 1.165) is 22.3 Å². The van der Waals surface area contributed by atoms with Crippen LogP contribution in [0.5, 0.6) is 0 Å². The third-order valence-electron chi connectivity index (χ3n) is 5.16. The molecule has 0 N–H and O–H groups in total. The molecular formula is C23H20O2. The van der Waals surface area contributed by atoms with E-state index in [2.05, 4.69) is 0 Å². The highest BCUT2D eigenvalue weighted by atomic mass is 16.1. The van der Waals surface area contributed by atoms with Gasteiger partial charge in [0, 0.05) is 11.8 Å². The molecule has 0 saturated heterocycles. The monoisotopic (exact) mass is 328 g/mol. The van der Waals surface area contributed by atoms with E-state index in [1.54, 1.807) is 0 Å². The number of hydrogen-bond acceptors (Lipinski definition) is 2. The van der Waals surface area contributed by atoms with Gasteiger partial charge in [0.2, 0.25) is 0 Å². The van der Waals surface area contributed by atoms with E-state index >= 15 is 0 Å². The number of rotatable bonds is 2. The van der Waals surface area contributed by atoms with Crippen molar-refractivity contribution in [3.63, 3.8) is 0 Å². The van der Waals surface area contributed by atoms with Gasteiger partial charge < -0.3 is 0 Å². The van der Waals surface area contributed by atoms with E-state index in [4.69, 9.17) is 0 Å². The second-order valence-electron chi connectivity index (χ2n) is 6.93. The lowest BCUT2D eigenvalue weighted by Gasteiger charge is -2.35. The Kier molecular flexibility index (Phi) is 4.19. The zero-order chi connectivity index (χ0) is 17.2. The third-order valence-corrected chi connectivity index (χ3v) is 5.16. The molecule has 25 heavy (non-hydrogen) atoms. The first-order chi connectivity index (χ1) is 12.2. The molecule has 0 aliphatic heterocycles. The number of Topliss-reactive ketones (excluding diaryl/α,β-unsaturated/α-hetero) is 2. The van der Waals surface area contributed by atoms with E-state index in [9.17, 15) is 9.59 Å². The topological polar surface area (TPSA) is 34.1 Å². The second kappa shape index (κ2) is 6.64. The molecule has 0 aromatic heterocycles. The minimum Gasteiger partial charge on any atom is -0.294 e. The van der Waals surface area contributed by atoms with Crippen molar-refractivity contribution in [3.05, 3.63) is 82.9 Å². The van der Waals surface area contributed by atoms with Crippen LogP contribution in [0.1, 0.15) is 30.4 Å². The maximum Gasteiger partial charge on any atom is 0.162 e. The summed E-state index contributed by atoms with van der Waals surface area (Å²) in [7, 11) is 0. The summed E-state index contributed by atoms with van der Waals surface area (Å²) in [6, 6.07) is 19.8. The molecule has 0 spiro atoms. The van der Waals surface area contributed by atoms with E-state index < -0.39 is 0 Å². The molecule has 2 aliphatic carbocycles. The van der Waals surface area contributed by atoms with Gasteiger partial charge in [-0.1, -0.05) is 60.7 Å². The summed E-state index contributed by atoms with van der Waals surface area (Å²) in [6.07, 6.45) is 5.75. The molecule has 124 valence electrons. The molecule has 0 radical (unpaired) electrons. The van der Waals surface area contributed by atoms with Crippen LogP contribution in [0.25, 0.3) is 12.2 Å². The summed E-state index contributed by atoms with van der Waals surface area (Å²) in [6.45, 7) is 0. The predicted octanol–water partition coefficient (Wildman–Crippen LogP) is 4.72. The van der Waals surface area contributed by atoms with Gasteiger partial charge in [-0.2, -0.15) is 0 Å². The fourth-order valence-electron chi connectivity index (χ4n) is 3.93. The number of benzene rings is 2. The van der Waals surface area contributed by atoms with Crippen molar-refractivity contribution in [2.24, 2.45) is 11.8 Å². The van der Waals surface area contributed by atoms with Crippen LogP contribution in [-0.4, -0.2) is 11.6 Å². The first kappa shape index (κ1) is 15.8. The van der Waals surface area contributed by atoms with Gasteiger partial charge >= 0.3 is 0 Å². The molecule has 2 aliphatic rings. The van der Waals surface area contributed by atoms with Gasteiger partial charge in [-0.25, -0.2) is 0 Å². The molecular weight excluding hydrogens is 308 g/mol. The quantitative estimate of drug-likeness (QED) is 0.747. The van der Waals surface area contributed by atoms with Crippen LogP contribution < -0.4 is 0 Å². The highest BCUT2D eigenvalue weighted by Crippen LogP contribution is 2.41. The molecule has 2 fully saturated rings. The zero-order valence-electron chi connectivity index (χ0n) is 14.0. The first-order valence-electron chi connectivity index (χ1n) is 8.80. The highest BCUT2D eigenvalue weighted by molar-refractivity contribution is 6.10. The Morgan fingerprint density at radius 3 is 1.44 bits per heavy atom. The van der Waals surface area contributed by atoms with Crippen molar-refractivity contribution in [2.75, 3.05) is 0 Å². The Bertz CT molecular complexity index is 786. The Labute approximate surface area is 147 Å². The molecule has 2 bridgehead atoms. The lowest BCUT2D eigenvalue weighted by atomic mass is 9.66. The number of carbonyl (C=O) groups excluding carboxylic acids is 2. The Morgan fingerprint density at radius 1 is 0.640 bits per heavy atom. The van der Waals surface area contributed by atoms with E-state index in [1.165, 1.54) is 0 Å². The van der Waals surface area contributed by atoms with Gasteiger partial charge in [0.15, 0.2) is 11.6 Å². The van der Waals surface area contributed by atoms with Crippen molar-refractivity contribution in [1.82, 2.24) is 0 Å². The van der Waals surface area contributed by atoms with Crippen molar-refractivity contribution in [3.8, 4) is 0 Å². The first-order valence-corrected chi connectivity index (χ1v) is 8.80. The summed E-state index contributed by atoms with van der Waals surface area (Å²) in [5, 5.41) is 0. The number of allylic oxidation sites excluding steroid dienone is 2. The van der Waals surface area contributed by atoms with Crippen LogP contribution in [0.15, 0.2) is 71.8 Å². The van der Waals surface area contributed by atoms with E-state index in [0.29, 0.717) is 19.3 Å². The maximum atomic E-state index is 12.8. The van der Waals surface area contributed by atoms with Crippen LogP contribution in [0.3, 0.4) is 0 Å². The largest absolute Gasteiger partial charge is 0.294 e. The molecule has 0 heterocycles. The molecule has 2 heteroatoms. The average Bonchev–Trinajstić information content (AvgIpc) is 2.65. The minimum absolute atomic E-state index is 0.0543. The molecule has 2 unspecified atom stereocenters. The standard InChI is InChI=1S/C23H20O2/c24-22-18(11-16-7-3-1-4-8-16)13-20-15-21(22)14-19(23(20)25)12-17-9-5-2-6-10-17/h1-12,20-21H,13-15H2. The van der Waals surface area contributed by atoms with Crippen LogP contribution >= 0.6 is 0 Å². The van der Waals surface area contributed by atoms with Crippen LogP contribution in [-0.2, 0) is 9.59 Å². The van der Waals surface area contributed by atoms with Crippen LogP contribution in [0.4, 0.5) is 0 Å². The van der Waals surface area contributed by atoms with Crippen molar-refractivity contribution >= 4 is 23.7 Å². The molecule has 4 rings (SSSR count). The SMILES string of the molecule is O=C1C(=Cc2ccccc2)CC2CC1CC(=Cc1ccccc1)C2=O. The van der Waals surface area contributed by atoms with Gasteiger partial charge in [-0.05, 0) is 53.7 Å². The second-order valence-corrected chi connectivity index (χ2v) is 6.93. The van der Waals surface area contributed by atoms with Gasteiger partial charge in [0.25, 0.3) is 0 Å². The van der Waals surface area contributed by atoms with Crippen molar-refractivity contribution < 1.29 is 9.59 Å². The molecule has 2 saturated carbocycles. The highest BCUT2D eigenvalue weighted by Gasteiger charge is 2.41. The molecule has 2 aromatic rings. The lowest BCUT2D eigenvalue weighted by Crippen LogP contribution is -2.37. The summed E-state index contributed by atoms with van der Waals surface area (Å²) >= 11 is 0. The Balaban J connectivity index is 1.62. The van der Waals surface area contributed by atoms with Gasteiger partial charge in [-0.15, -0.1) is 0 Å². The van der Waals surface area contributed by atoms with Gasteiger partial charge in [0.05, 0.1) is 0 Å². The smallest absolute Gasteiger partial charge is 0.162 e. The summed E-state index contributed by atoms with van der Waals surface area (Å²) in [5.41, 5.74) is 3.66. The number of hydrogen-bond donors (Lipinski definition) is 0. The fraction of sp³-hybridized carbons (Fsp3) is 0.217. The summed E-state index contributed by atoms with van der Waals surface area (Å²) in [5.74, 6) is 0.320. The van der Waals surface area contributed by atoms with Gasteiger partial charge in [-0.3, -0.25) is 9.59 Å². The average molecular weight is 328 g/mol. The number of carbonyl (C=O) groups is 2. The van der Waals surface area contributed by atoms with Gasteiger partial charge in [0.1, 0.15) is 0 Å². The maximum absolute atomic E-state index is 12.8. The number of fused-ring (bicyclic) bond motifs is 2. The molecule has 2 aromatic carbocycles. The van der Waals surface area contributed by atoms with Crippen LogP contribution in [0, 0.1) is 11.8 Å². The number of ketones is 2. The minimum atomic E-state index is -0.0543. The zero-order valence-corrected chi connectivity index (χ0v) is 14.0.